The molecule has 0 fully saturated rings. The molecule has 2 nitrogen and oxygen atoms in total. The van der Waals surface area contributed by atoms with Crippen molar-refractivity contribution in [1.82, 2.24) is 5.32 Å². The van der Waals surface area contributed by atoms with Crippen LogP contribution in [0.2, 0.25) is 0 Å². The van der Waals surface area contributed by atoms with Gasteiger partial charge in [0, 0.05) is 30.3 Å². The summed E-state index contributed by atoms with van der Waals surface area (Å²) in [6.45, 7) is 7.35. The molecule has 0 radical (unpaired) electrons. The van der Waals surface area contributed by atoms with Crippen LogP contribution in [0, 0.1) is 0 Å². The Bertz CT molecular complexity index is 326. The van der Waals surface area contributed by atoms with Gasteiger partial charge in [-0.25, -0.2) is 0 Å². The van der Waals surface area contributed by atoms with Gasteiger partial charge in [0.25, 0.3) is 0 Å². The minimum atomic E-state index is 0.925. The van der Waals surface area contributed by atoms with E-state index in [9.17, 15) is 0 Å². The second-order valence-corrected chi connectivity index (χ2v) is 4.83. The molecule has 0 saturated carbocycles. The lowest BCUT2D eigenvalue weighted by atomic mass is 10.2. The summed E-state index contributed by atoms with van der Waals surface area (Å²) in [5, 5.41) is 3.34. The summed E-state index contributed by atoms with van der Waals surface area (Å²) in [4.78, 5) is 2.28. The predicted octanol–water partition coefficient (Wildman–Crippen LogP) is 3.40. The molecule has 0 amide bonds. The van der Waals surface area contributed by atoms with Crippen LogP contribution >= 0.6 is 15.9 Å². The molecule has 0 aliphatic rings. The zero-order chi connectivity index (χ0) is 12.0. The number of anilines is 1. The van der Waals surface area contributed by atoms with Gasteiger partial charge in [0.2, 0.25) is 0 Å². The van der Waals surface area contributed by atoms with Gasteiger partial charge in [-0.15, -0.1) is 0 Å². The van der Waals surface area contributed by atoms with Crippen LogP contribution < -0.4 is 10.2 Å². The number of nitrogens with one attached hydrogen (secondary N) is 1. The van der Waals surface area contributed by atoms with Crippen molar-refractivity contribution in [3.63, 3.8) is 0 Å². The molecule has 1 aromatic rings. The topological polar surface area (TPSA) is 15.3 Å². The second-order valence-electron chi connectivity index (χ2n) is 3.98. The first-order valence-electron chi connectivity index (χ1n) is 5.89. The molecule has 0 aromatic heterocycles. The number of nitrogens with zero attached hydrogens (tertiary/aromatic N) is 1. The molecule has 1 rings (SSSR count). The van der Waals surface area contributed by atoms with Crippen molar-refractivity contribution in [3.05, 3.63) is 28.2 Å². The van der Waals surface area contributed by atoms with Crippen LogP contribution in [-0.4, -0.2) is 20.1 Å². The Morgan fingerprint density at radius 2 is 2.06 bits per heavy atom. The lowest BCUT2D eigenvalue weighted by Gasteiger charge is -2.19. The van der Waals surface area contributed by atoms with Crippen molar-refractivity contribution in [1.29, 1.82) is 0 Å². The van der Waals surface area contributed by atoms with Gasteiger partial charge < -0.3 is 10.2 Å². The lowest BCUT2D eigenvalue weighted by molar-refractivity contribution is 0.724. The molecule has 0 atom stereocenters. The summed E-state index contributed by atoms with van der Waals surface area (Å²) >= 11 is 3.63. The maximum Gasteiger partial charge on any atom is 0.0375 e. The van der Waals surface area contributed by atoms with E-state index in [1.54, 1.807) is 0 Å². The zero-order valence-electron chi connectivity index (χ0n) is 10.4. The number of rotatable bonds is 6. The molecule has 16 heavy (non-hydrogen) atoms. The van der Waals surface area contributed by atoms with Gasteiger partial charge in [0.15, 0.2) is 0 Å². The largest absolute Gasteiger partial charge is 0.375 e. The molecule has 1 aromatic carbocycles. The highest BCUT2D eigenvalue weighted by atomic mass is 79.9. The summed E-state index contributed by atoms with van der Waals surface area (Å²) in [6.07, 6.45) is 1.17. The van der Waals surface area contributed by atoms with E-state index in [0.29, 0.717) is 0 Å². The average Bonchev–Trinajstić information content (AvgIpc) is 2.27. The van der Waals surface area contributed by atoms with E-state index in [0.717, 1.165) is 19.6 Å². The Morgan fingerprint density at radius 1 is 1.31 bits per heavy atom. The van der Waals surface area contributed by atoms with Gasteiger partial charge in [-0.3, -0.25) is 0 Å². The SMILES string of the molecule is CCCN(C)c1ccc(CNCC)c(Br)c1. The first-order valence-corrected chi connectivity index (χ1v) is 6.68. The Hall–Kier alpha value is -0.540. The van der Waals surface area contributed by atoms with Crippen LogP contribution in [0.5, 0.6) is 0 Å². The molecule has 1 N–H and O–H groups in total. The van der Waals surface area contributed by atoms with E-state index in [1.807, 2.05) is 0 Å². The van der Waals surface area contributed by atoms with Gasteiger partial charge in [-0.05, 0) is 30.7 Å². The van der Waals surface area contributed by atoms with Crippen molar-refractivity contribution in [3.8, 4) is 0 Å². The van der Waals surface area contributed by atoms with Gasteiger partial charge in [-0.1, -0.05) is 35.8 Å². The minimum Gasteiger partial charge on any atom is -0.375 e. The van der Waals surface area contributed by atoms with Gasteiger partial charge >= 0.3 is 0 Å². The number of hydrogen-bond donors (Lipinski definition) is 1. The third-order valence-corrected chi connectivity index (χ3v) is 3.34. The van der Waals surface area contributed by atoms with Crippen LogP contribution in [-0.2, 0) is 6.54 Å². The zero-order valence-corrected chi connectivity index (χ0v) is 12.0. The highest BCUT2D eigenvalue weighted by Crippen LogP contribution is 2.23. The number of halogens is 1. The van der Waals surface area contributed by atoms with Crippen LogP contribution in [0.15, 0.2) is 22.7 Å². The first-order chi connectivity index (χ1) is 7.69. The van der Waals surface area contributed by atoms with Gasteiger partial charge in [0.05, 0.1) is 0 Å². The Kier molecular flexibility index (Phi) is 5.85. The van der Waals surface area contributed by atoms with Crippen molar-refractivity contribution in [2.45, 2.75) is 26.8 Å². The number of benzene rings is 1. The van der Waals surface area contributed by atoms with Crippen molar-refractivity contribution < 1.29 is 0 Å². The van der Waals surface area contributed by atoms with Crippen LogP contribution in [0.4, 0.5) is 5.69 Å². The molecule has 0 saturated heterocycles. The molecule has 0 aliphatic heterocycles. The summed E-state index contributed by atoms with van der Waals surface area (Å²) in [5.41, 5.74) is 2.59. The third-order valence-electron chi connectivity index (χ3n) is 2.60. The maximum absolute atomic E-state index is 3.63. The molecule has 0 heterocycles. The smallest absolute Gasteiger partial charge is 0.0375 e. The van der Waals surface area contributed by atoms with Crippen LogP contribution in [0.25, 0.3) is 0 Å². The second kappa shape index (κ2) is 6.92. The lowest BCUT2D eigenvalue weighted by Crippen LogP contribution is -2.18. The maximum atomic E-state index is 3.63. The molecule has 0 aliphatic carbocycles. The van der Waals surface area contributed by atoms with Crippen molar-refractivity contribution >= 4 is 21.6 Å². The molecular formula is C13H21BrN2. The quantitative estimate of drug-likeness (QED) is 0.861. The minimum absolute atomic E-state index is 0.925. The van der Waals surface area contributed by atoms with Gasteiger partial charge in [-0.2, -0.15) is 0 Å². The van der Waals surface area contributed by atoms with Crippen LogP contribution in [0.3, 0.4) is 0 Å². The Labute approximate surface area is 107 Å². The fourth-order valence-corrected chi connectivity index (χ4v) is 2.15. The standard InChI is InChI=1S/C13H21BrN2/c1-4-8-16(3)12-7-6-11(10-15-5-2)13(14)9-12/h6-7,9,15H,4-5,8,10H2,1-3H3. The average molecular weight is 285 g/mol. The van der Waals surface area contributed by atoms with E-state index in [-0.39, 0.29) is 0 Å². The Balaban J connectivity index is 2.73. The summed E-state index contributed by atoms with van der Waals surface area (Å²) in [7, 11) is 2.13. The third kappa shape index (κ3) is 3.80. The molecular weight excluding hydrogens is 264 g/mol. The summed E-state index contributed by atoms with van der Waals surface area (Å²) < 4.78 is 1.19. The fourth-order valence-electron chi connectivity index (χ4n) is 1.64. The highest BCUT2D eigenvalue weighted by Gasteiger charge is 2.04. The first kappa shape index (κ1) is 13.5. The fraction of sp³-hybridized carbons (Fsp3) is 0.538. The Morgan fingerprint density at radius 3 is 2.62 bits per heavy atom. The van der Waals surface area contributed by atoms with Crippen molar-refractivity contribution in [2.24, 2.45) is 0 Å². The van der Waals surface area contributed by atoms with E-state index in [1.165, 1.54) is 22.1 Å². The monoisotopic (exact) mass is 284 g/mol. The predicted molar refractivity (Wildman–Crippen MR) is 75.1 cm³/mol. The number of hydrogen-bond acceptors (Lipinski definition) is 2. The summed E-state index contributed by atoms with van der Waals surface area (Å²) in [6, 6.07) is 6.57. The van der Waals surface area contributed by atoms with Crippen molar-refractivity contribution in [2.75, 3.05) is 25.0 Å². The molecule has 0 unspecified atom stereocenters. The molecule has 0 bridgehead atoms. The highest BCUT2D eigenvalue weighted by molar-refractivity contribution is 9.10. The normalized spacial score (nSPS) is 10.5. The van der Waals surface area contributed by atoms with E-state index in [4.69, 9.17) is 0 Å². The van der Waals surface area contributed by atoms with Crippen LogP contribution in [0.1, 0.15) is 25.8 Å². The summed E-state index contributed by atoms with van der Waals surface area (Å²) in [5.74, 6) is 0. The molecule has 0 spiro atoms. The van der Waals surface area contributed by atoms with E-state index in [2.05, 4.69) is 65.2 Å². The van der Waals surface area contributed by atoms with E-state index < -0.39 is 0 Å². The molecule has 90 valence electrons. The molecule has 3 heteroatoms. The van der Waals surface area contributed by atoms with E-state index >= 15 is 0 Å². The van der Waals surface area contributed by atoms with Gasteiger partial charge in [0.1, 0.15) is 0 Å².